The van der Waals surface area contributed by atoms with Crippen molar-refractivity contribution in [2.24, 2.45) is 11.8 Å². The molecule has 6 nitrogen and oxygen atoms in total. The van der Waals surface area contributed by atoms with Crippen LogP contribution in [-0.4, -0.2) is 57.3 Å². The van der Waals surface area contributed by atoms with Crippen LogP contribution in [0.4, 0.5) is 0 Å². The molecule has 3 saturated heterocycles. The highest BCUT2D eigenvalue weighted by molar-refractivity contribution is 5.94. The molecule has 1 amide bonds. The van der Waals surface area contributed by atoms with E-state index in [9.17, 15) is 9.59 Å². The Morgan fingerprint density at radius 2 is 2.00 bits per heavy atom. The van der Waals surface area contributed by atoms with Crippen molar-refractivity contribution < 1.29 is 4.79 Å². The molecule has 5 heterocycles. The molecule has 1 aliphatic carbocycles. The second kappa shape index (κ2) is 6.44. The molecule has 4 aliphatic rings. The van der Waals surface area contributed by atoms with Crippen molar-refractivity contribution in [3.05, 3.63) is 46.0 Å². The lowest BCUT2D eigenvalue weighted by Gasteiger charge is -2.36. The fourth-order valence-electron chi connectivity index (χ4n) is 4.79. The minimum atomic E-state index is -0.255. The van der Waals surface area contributed by atoms with Crippen molar-refractivity contribution in [3.8, 4) is 0 Å². The van der Waals surface area contributed by atoms with E-state index in [0.29, 0.717) is 17.6 Å². The third-order valence-electron chi connectivity index (χ3n) is 6.46. The van der Waals surface area contributed by atoms with E-state index in [2.05, 4.69) is 9.88 Å². The van der Waals surface area contributed by atoms with E-state index < -0.39 is 0 Å². The third kappa shape index (κ3) is 3.06. The predicted molar refractivity (Wildman–Crippen MR) is 103 cm³/mol. The van der Waals surface area contributed by atoms with Crippen LogP contribution < -0.4 is 5.56 Å². The van der Waals surface area contributed by atoms with Crippen molar-refractivity contribution in [1.29, 1.82) is 0 Å². The molecule has 2 aromatic rings. The summed E-state index contributed by atoms with van der Waals surface area (Å²) < 4.78 is 1.54. The van der Waals surface area contributed by atoms with Crippen molar-refractivity contribution >= 4 is 11.6 Å². The van der Waals surface area contributed by atoms with Gasteiger partial charge in [-0.2, -0.15) is 0 Å². The largest absolute Gasteiger partial charge is 0.337 e. The number of aryl methyl sites for hydroxylation is 1. The molecule has 142 valence electrons. The molecule has 0 aromatic carbocycles. The second-order valence-electron chi connectivity index (χ2n) is 8.54. The van der Waals surface area contributed by atoms with Gasteiger partial charge >= 0.3 is 0 Å². The van der Waals surface area contributed by atoms with Gasteiger partial charge in [0.15, 0.2) is 0 Å². The first-order chi connectivity index (χ1) is 13.1. The van der Waals surface area contributed by atoms with Crippen LogP contribution in [-0.2, 0) is 0 Å². The third-order valence-corrected chi connectivity index (χ3v) is 6.46. The first kappa shape index (κ1) is 16.9. The number of amides is 1. The molecule has 0 spiro atoms. The predicted octanol–water partition coefficient (Wildman–Crippen LogP) is 1.95. The van der Waals surface area contributed by atoms with E-state index in [1.54, 1.807) is 10.5 Å². The molecule has 0 radical (unpaired) electrons. The van der Waals surface area contributed by atoms with Crippen LogP contribution in [0.5, 0.6) is 0 Å². The van der Waals surface area contributed by atoms with Gasteiger partial charge in [-0.05, 0) is 56.6 Å². The van der Waals surface area contributed by atoms with E-state index in [0.717, 1.165) is 37.7 Å². The quantitative estimate of drug-likeness (QED) is 0.833. The van der Waals surface area contributed by atoms with E-state index >= 15 is 0 Å². The number of carbonyl (C=O) groups excluding carboxylic acids is 1. The van der Waals surface area contributed by atoms with Crippen LogP contribution >= 0.6 is 0 Å². The zero-order valence-corrected chi connectivity index (χ0v) is 15.8. The summed E-state index contributed by atoms with van der Waals surface area (Å²) in [5.41, 5.74) is 1.32. The Morgan fingerprint density at radius 3 is 2.81 bits per heavy atom. The number of fused-ring (bicyclic) bond motifs is 5. The monoisotopic (exact) mass is 366 g/mol. The van der Waals surface area contributed by atoms with Crippen molar-refractivity contribution in [1.82, 2.24) is 19.2 Å². The van der Waals surface area contributed by atoms with Gasteiger partial charge in [0, 0.05) is 44.1 Å². The highest BCUT2D eigenvalue weighted by Gasteiger charge is 2.39. The Labute approximate surface area is 158 Å². The molecule has 2 atom stereocenters. The zero-order valence-electron chi connectivity index (χ0n) is 15.8. The molecule has 2 bridgehead atoms. The fraction of sp³-hybridized carbons (Fsp3) is 0.571. The fourth-order valence-corrected chi connectivity index (χ4v) is 4.79. The summed E-state index contributed by atoms with van der Waals surface area (Å²) in [6, 6.07) is 5.97. The van der Waals surface area contributed by atoms with Gasteiger partial charge in [-0.3, -0.25) is 18.9 Å². The van der Waals surface area contributed by atoms with E-state index in [4.69, 9.17) is 0 Å². The molecule has 4 fully saturated rings. The summed E-state index contributed by atoms with van der Waals surface area (Å²) in [5, 5.41) is 0. The minimum Gasteiger partial charge on any atom is -0.337 e. The number of hydrogen-bond acceptors (Lipinski definition) is 4. The molecule has 3 aliphatic heterocycles. The maximum Gasteiger partial charge on any atom is 0.270 e. The van der Waals surface area contributed by atoms with Gasteiger partial charge in [-0.25, -0.2) is 4.98 Å². The molecule has 27 heavy (non-hydrogen) atoms. The first-order valence-corrected chi connectivity index (χ1v) is 10.1. The van der Waals surface area contributed by atoms with Crippen LogP contribution in [0.15, 0.2) is 29.2 Å². The van der Waals surface area contributed by atoms with Gasteiger partial charge in [0.2, 0.25) is 0 Å². The normalized spacial score (nSPS) is 25.7. The Balaban J connectivity index is 1.44. The minimum absolute atomic E-state index is 0.157. The summed E-state index contributed by atoms with van der Waals surface area (Å²) in [5.74, 6) is 1.23. The highest BCUT2D eigenvalue weighted by atomic mass is 16.2. The lowest BCUT2D eigenvalue weighted by molar-refractivity contribution is 0.0734. The van der Waals surface area contributed by atoms with Crippen LogP contribution in [0.2, 0.25) is 0 Å². The van der Waals surface area contributed by atoms with E-state index in [-0.39, 0.29) is 17.0 Å². The van der Waals surface area contributed by atoms with Crippen molar-refractivity contribution in [2.75, 3.05) is 26.2 Å². The zero-order chi connectivity index (χ0) is 18.5. The first-order valence-electron chi connectivity index (χ1n) is 10.1. The van der Waals surface area contributed by atoms with Gasteiger partial charge in [0.25, 0.3) is 11.5 Å². The lowest BCUT2D eigenvalue weighted by atomic mass is 9.95. The van der Waals surface area contributed by atoms with Crippen molar-refractivity contribution in [3.63, 3.8) is 0 Å². The van der Waals surface area contributed by atoms with Gasteiger partial charge in [0.05, 0.1) is 0 Å². The average molecular weight is 366 g/mol. The number of nitrogens with zero attached hydrogens (tertiary/aromatic N) is 4. The molecular weight excluding hydrogens is 340 g/mol. The van der Waals surface area contributed by atoms with Crippen LogP contribution in [0.3, 0.4) is 0 Å². The Bertz CT molecular complexity index is 949. The number of hydrogen-bond donors (Lipinski definition) is 0. The lowest BCUT2D eigenvalue weighted by Crippen LogP contribution is -2.45. The Morgan fingerprint density at radius 1 is 1.15 bits per heavy atom. The van der Waals surface area contributed by atoms with E-state index in [1.807, 2.05) is 24.0 Å². The molecule has 6 rings (SSSR count). The van der Waals surface area contributed by atoms with Gasteiger partial charge in [-0.15, -0.1) is 0 Å². The number of piperidine rings is 1. The SMILES string of the molecule is Cc1cccc2ncc(C(=O)N3C[C@H]4CC[C@@H](C3)N(CC3CC3)C4)c(=O)n12. The molecule has 1 saturated carbocycles. The Hall–Kier alpha value is -2.21. The number of rotatable bonds is 3. The maximum absolute atomic E-state index is 13.2. The molecule has 6 heteroatoms. The maximum atomic E-state index is 13.2. The van der Waals surface area contributed by atoms with Crippen LogP contribution in [0.1, 0.15) is 41.7 Å². The summed E-state index contributed by atoms with van der Waals surface area (Å²) >= 11 is 0. The molecular formula is C21H26N4O2. The standard InChI is InChI=1S/C21H26N4O2/c1-14-3-2-4-19-22-9-18(21(27)25(14)19)20(26)24-12-16-7-8-17(13-24)23(11-16)10-15-5-6-15/h2-4,9,15-17H,5-8,10-13H2,1H3/t16-,17-/m0/s1. The topological polar surface area (TPSA) is 57.9 Å². The summed E-state index contributed by atoms with van der Waals surface area (Å²) in [4.78, 5) is 35.1. The van der Waals surface area contributed by atoms with Gasteiger partial charge in [0.1, 0.15) is 11.2 Å². The highest BCUT2D eigenvalue weighted by Crippen LogP contribution is 2.35. The second-order valence-corrected chi connectivity index (χ2v) is 8.54. The van der Waals surface area contributed by atoms with Crippen LogP contribution in [0.25, 0.3) is 5.65 Å². The summed E-state index contributed by atoms with van der Waals surface area (Å²) in [7, 11) is 0. The Kier molecular flexibility index (Phi) is 4.04. The summed E-state index contributed by atoms with van der Waals surface area (Å²) in [6.45, 7) is 5.64. The van der Waals surface area contributed by atoms with Gasteiger partial charge < -0.3 is 4.90 Å². The number of aromatic nitrogens is 2. The van der Waals surface area contributed by atoms with Crippen LogP contribution in [0, 0.1) is 18.8 Å². The molecule has 0 N–H and O–H groups in total. The summed E-state index contributed by atoms with van der Waals surface area (Å²) in [6.07, 6.45) is 6.53. The average Bonchev–Trinajstić information content (AvgIpc) is 3.49. The van der Waals surface area contributed by atoms with E-state index in [1.165, 1.54) is 32.0 Å². The van der Waals surface area contributed by atoms with Gasteiger partial charge in [-0.1, -0.05) is 6.07 Å². The van der Waals surface area contributed by atoms with Crippen molar-refractivity contribution in [2.45, 2.75) is 38.6 Å². The smallest absolute Gasteiger partial charge is 0.270 e. The molecule has 0 unspecified atom stereocenters. The number of carbonyl (C=O) groups is 1. The molecule has 2 aromatic heterocycles. The number of pyridine rings is 1.